The Hall–Kier alpha value is -3.56. The van der Waals surface area contributed by atoms with Gasteiger partial charge in [0.2, 0.25) is 0 Å². The van der Waals surface area contributed by atoms with Crippen LogP contribution in [0.3, 0.4) is 0 Å². The van der Waals surface area contributed by atoms with Crippen LogP contribution in [0.2, 0.25) is 0 Å². The van der Waals surface area contributed by atoms with Gasteiger partial charge >= 0.3 is 5.97 Å². The number of aryl methyl sites for hydroxylation is 2. The summed E-state index contributed by atoms with van der Waals surface area (Å²) in [5, 5.41) is 2.46. The summed E-state index contributed by atoms with van der Waals surface area (Å²) in [4.78, 5) is 20.3. The fourth-order valence-electron chi connectivity index (χ4n) is 3.95. The molecule has 1 aliphatic rings. The van der Waals surface area contributed by atoms with E-state index in [1.165, 1.54) is 29.0 Å². The summed E-state index contributed by atoms with van der Waals surface area (Å²) in [6, 6.07) is 29.4. The molecule has 5 heteroatoms. The molecule has 0 bridgehead atoms. The van der Waals surface area contributed by atoms with Crippen LogP contribution in [0.1, 0.15) is 36.1 Å². The molecule has 0 saturated heterocycles. The number of hydrogen-bond donors (Lipinski definition) is 0. The van der Waals surface area contributed by atoms with Gasteiger partial charge < -0.3 is 12.2 Å². The number of nitrogens with zero attached hydrogens (tertiary/aromatic N) is 2. The average molecular weight is 536 g/mol. The Bertz CT molecular complexity index is 1320. The van der Waals surface area contributed by atoms with E-state index in [0.717, 1.165) is 33.9 Å². The van der Waals surface area contributed by atoms with Gasteiger partial charge in [0, 0.05) is 33.0 Å². The molecule has 1 aliphatic carbocycles. The molecule has 0 fully saturated rings. The molecule has 37 heavy (non-hydrogen) atoms. The van der Waals surface area contributed by atoms with Crippen LogP contribution in [0.5, 0.6) is 0 Å². The van der Waals surface area contributed by atoms with Gasteiger partial charge in [0.1, 0.15) is 0 Å². The first-order valence-electron chi connectivity index (χ1n) is 11.8. The summed E-state index contributed by atoms with van der Waals surface area (Å²) in [7, 11) is 1.39. The van der Waals surface area contributed by atoms with Gasteiger partial charge in [-0.25, -0.2) is 9.98 Å². The van der Waals surface area contributed by atoms with Crippen LogP contribution in [-0.4, -0.2) is 24.5 Å². The fourth-order valence-corrected chi connectivity index (χ4v) is 3.95. The Morgan fingerprint density at radius 2 is 1.11 bits per heavy atom. The maximum Gasteiger partial charge on any atom is 0.308 e. The minimum absolute atomic E-state index is 0. The number of ether oxygens (including phenoxy) is 1. The molecule has 4 aromatic rings. The first kappa shape index (κ1) is 29.7. The third-order valence-corrected chi connectivity index (χ3v) is 5.86. The predicted molar refractivity (Wildman–Crippen MR) is 152 cm³/mol. The number of methoxy groups -OCH3 is 1. The van der Waals surface area contributed by atoms with Gasteiger partial charge in [-0.15, -0.1) is 0 Å². The van der Waals surface area contributed by atoms with Crippen molar-refractivity contribution in [2.75, 3.05) is 7.11 Å². The summed E-state index contributed by atoms with van der Waals surface area (Å²) in [6.07, 6.45) is 0. The van der Waals surface area contributed by atoms with E-state index in [-0.39, 0.29) is 35.8 Å². The molecule has 0 unspecified atom stereocenters. The number of benzene rings is 4. The van der Waals surface area contributed by atoms with Gasteiger partial charge in [-0.1, -0.05) is 85.6 Å². The minimum Gasteiger partial charge on any atom is -0.469 e. The zero-order valence-electron chi connectivity index (χ0n) is 22.2. The SMILES string of the molecule is COC(=O)C(C)C.Cc1ccc(N=C2C(=Nc3ccc(C)cc3)c3cccc4cccc2c34)cc1.[CH3-].[Ni]. The van der Waals surface area contributed by atoms with E-state index >= 15 is 0 Å². The Balaban J connectivity index is 0.000000476. The molecule has 0 radical (unpaired) electrons. The summed E-state index contributed by atoms with van der Waals surface area (Å²) in [5.74, 6) is -0.148. The summed E-state index contributed by atoms with van der Waals surface area (Å²) < 4.78 is 4.37. The van der Waals surface area contributed by atoms with Crippen molar-refractivity contribution < 1.29 is 26.0 Å². The summed E-state index contributed by atoms with van der Waals surface area (Å²) >= 11 is 0. The molecule has 0 atom stereocenters. The molecule has 5 rings (SSSR count). The topological polar surface area (TPSA) is 51.0 Å². The monoisotopic (exact) mass is 535 g/mol. The van der Waals surface area contributed by atoms with Crippen molar-refractivity contribution in [3.05, 3.63) is 115 Å². The maximum absolute atomic E-state index is 10.3. The number of hydrogen-bond acceptors (Lipinski definition) is 4. The van der Waals surface area contributed by atoms with Crippen molar-refractivity contribution in [1.29, 1.82) is 0 Å². The van der Waals surface area contributed by atoms with Crippen molar-refractivity contribution in [1.82, 2.24) is 0 Å². The number of carbonyl (C=O) groups is 1. The standard InChI is InChI=1S/C26H20N2.C5H10O2.CH3.Ni/c1-17-9-13-20(14-10-17)27-25-22-7-3-5-19-6-4-8-23(24(19)22)26(25)28-21-15-11-18(2)12-16-21;1-4(2)5(6)7-3;;/h3-16H,1-2H3;4H,1-3H3;1H3;/q;;-1;. The first-order valence-corrected chi connectivity index (χ1v) is 11.8. The van der Waals surface area contributed by atoms with E-state index in [1.54, 1.807) is 13.8 Å². The van der Waals surface area contributed by atoms with Gasteiger partial charge in [-0.05, 0) is 43.5 Å². The first-order chi connectivity index (χ1) is 16.9. The molecule has 0 saturated carbocycles. The van der Waals surface area contributed by atoms with Gasteiger partial charge in [0.05, 0.1) is 35.8 Å². The van der Waals surface area contributed by atoms with E-state index in [2.05, 4.69) is 104 Å². The number of carbonyl (C=O) groups excluding carboxylic acids is 1. The van der Waals surface area contributed by atoms with Crippen molar-refractivity contribution >= 4 is 39.5 Å². The molecule has 194 valence electrons. The quantitative estimate of drug-likeness (QED) is 0.152. The molecule has 0 heterocycles. The van der Waals surface area contributed by atoms with E-state index in [9.17, 15) is 4.79 Å². The van der Waals surface area contributed by atoms with Crippen LogP contribution in [0.25, 0.3) is 10.8 Å². The Morgan fingerprint density at radius 1 is 0.703 bits per heavy atom. The third-order valence-electron chi connectivity index (χ3n) is 5.86. The van der Waals surface area contributed by atoms with Gasteiger partial charge in [0.25, 0.3) is 0 Å². The Morgan fingerprint density at radius 3 is 1.43 bits per heavy atom. The second-order valence-electron chi connectivity index (χ2n) is 8.98. The second kappa shape index (κ2) is 13.1. The van der Waals surface area contributed by atoms with E-state index < -0.39 is 0 Å². The van der Waals surface area contributed by atoms with Crippen LogP contribution in [-0.2, 0) is 26.0 Å². The molecule has 0 aliphatic heterocycles. The molecule has 4 nitrogen and oxygen atoms in total. The summed E-state index contributed by atoms with van der Waals surface area (Å²) in [6.45, 7) is 7.78. The predicted octanol–water partition coefficient (Wildman–Crippen LogP) is 7.98. The molecular weight excluding hydrogens is 503 g/mol. The van der Waals surface area contributed by atoms with Crippen LogP contribution < -0.4 is 0 Å². The van der Waals surface area contributed by atoms with Crippen molar-refractivity contribution in [2.45, 2.75) is 27.7 Å². The van der Waals surface area contributed by atoms with Crippen LogP contribution in [0, 0.1) is 27.2 Å². The zero-order chi connectivity index (χ0) is 24.9. The molecular formula is C32H33N2NiO2-. The molecule has 0 amide bonds. The van der Waals surface area contributed by atoms with Crippen LogP contribution >= 0.6 is 0 Å². The van der Waals surface area contributed by atoms with Gasteiger partial charge in [0.15, 0.2) is 0 Å². The zero-order valence-corrected chi connectivity index (χ0v) is 23.2. The number of esters is 1. The molecule has 0 spiro atoms. The van der Waals surface area contributed by atoms with Crippen molar-refractivity contribution in [2.24, 2.45) is 15.9 Å². The molecule has 4 aromatic carbocycles. The van der Waals surface area contributed by atoms with Crippen molar-refractivity contribution in [3.63, 3.8) is 0 Å². The van der Waals surface area contributed by atoms with Crippen molar-refractivity contribution in [3.8, 4) is 0 Å². The van der Waals surface area contributed by atoms with E-state index in [0.29, 0.717) is 0 Å². The summed E-state index contributed by atoms with van der Waals surface area (Å²) in [5.41, 5.74) is 8.54. The van der Waals surface area contributed by atoms with Crippen LogP contribution in [0.15, 0.2) is 94.9 Å². The van der Waals surface area contributed by atoms with E-state index in [4.69, 9.17) is 9.98 Å². The largest absolute Gasteiger partial charge is 0.469 e. The van der Waals surface area contributed by atoms with Crippen LogP contribution in [0.4, 0.5) is 11.4 Å². The third kappa shape index (κ3) is 6.81. The maximum atomic E-state index is 10.3. The van der Waals surface area contributed by atoms with Gasteiger partial charge in [-0.3, -0.25) is 4.79 Å². The van der Waals surface area contributed by atoms with Gasteiger partial charge in [-0.2, -0.15) is 0 Å². The average Bonchev–Trinajstić information content (AvgIpc) is 3.16. The minimum atomic E-state index is -0.153. The van der Waals surface area contributed by atoms with E-state index in [1.807, 2.05) is 0 Å². The smallest absolute Gasteiger partial charge is 0.308 e. The molecule has 0 N–H and O–H groups in total. The number of aliphatic imine (C=N–C) groups is 2. The second-order valence-corrected chi connectivity index (χ2v) is 8.98. The Labute approximate surface area is 230 Å². The normalized spacial score (nSPS) is 13.6. The number of rotatable bonds is 3. The Kier molecular flexibility index (Phi) is 10.5. The molecule has 0 aromatic heterocycles. The fraction of sp³-hybridized carbons (Fsp3) is 0.188.